The molecule has 0 saturated carbocycles. The molecule has 5 N–H and O–H groups in total. The fourth-order valence-corrected chi connectivity index (χ4v) is 6.54. The van der Waals surface area contributed by atoms with Crippen LogP contribution in [0.5, 0.6) is 0 Å². The zero-order valence-electron chi connectivity index (χ0n) is 34.0. The van der Waals surface area contributed by atoms with E-state index in [9.17, 15) is 9.00 Å². The number of hydrogen-bond acceptors (Lipinski definition) is 10. The van der Waals surface area contributed by atoms with Gasteiger partial charge in [0.1, 0.15) is 30.3 Å². The predicted octanol–water partition coefficient (Wildman–Crippen LogP) is 6.67. The van der Waals surface area contributed by atoms with Crippen molar-refractivity contribution in [3.63, 3.8) is 0 Å². The molecule has 12 heteroatoms. The third kappa shape index (κ3) is 16.7. The number of pyridine rings is 2. The molecule has 0 radical (unpaired) electrons. The van der Waals surface area contributed by atoms with E-state index in [1.165, 1.54) is 11.1 Å². The van der Waals surface area contributed by atoms with Crippen molar-refractivity contribution in [1.82, 2.24) is 20.6 Å². The van der Waals surface area contributed by atoms with Gasteiger partial charge in [-0.3, -0.25) is 19.1 Å². The molecule has 0 saturated heterocycles. The molecule has 11 nitrogen and oxygen atoms in total. The molecule has 5 atom stereocenters. The molecule has 3 aromatic carbocycles. The Kier molecular flexibility index (Phi) is 22.8. The molecule has 57 heavy (non-hydrogen) atoms. The van der Waals surface area contributed by atoms with Gasteiger partial charge in [0.25, 0.3) is 0 Å². The Morgan fingerprint density at radius 1 is 0.842 bits per heavy atom. The standard InChI is InChI=1S/C34H40N4O2S.C8H12N2.C2H5NO.CH2O/c1-25(29-13-15-32(35-3)16-14-29)26(2)37-22-31(20-33-12-8-9-17-36-33)30-18-28(24-39)19-34(21-30)38(41(4)40)23-27-10-6-5-7-11-27;1-7(9-2)8-4-3-5-10-6-8;3-1-2-4;1-2/h5-19,21,24-26,31,35,37H,20,22-23H2,1-4H3;3-7,9H,1-2H3;2H,1,3H2;1H2/t25-,26-,31?,41?;;;/m0.../s1. The Morgan fingerprint density at radius 2 is 1.53 bits per heavy atom. The summed E-state index contributed by atoms with van der Waals surface area (Å²) in [5.74, 6) is 0.353. The molecule has 0 bridgehead atoms. The summed E-state index contributed by atoms with van der Waals surface area (Å²) in [6, 6.07) is 35.0. The summed E-state index contributed by atoms with van der Waals surface area (Å²) >= 11 is 0. The van der Waals surface area contributed by atoms with Crippen molar-refractivity contribution in [3.05, 3.63) is 155 Å². The van der Waals surface area contributed by atoms with Gasteiger partial charge < -0.3 is 31.3 Å². The van der Waals surface area contributed by atoms with Crippen molar-refractivity contribution in [1.29, 1.82) is 0 Å². The van der Waals surface area contributed by atoms with E-state index in [-0.39, 0.29) is 18.5 Å². The molecule has 0 fully saturated rings. The molecular formula is C45H59N7O4S. The van der Waals surface area contributed by atoms with E-state index in [1.54, 1.807) is 12.5 Å². The average Bonchev–Trinajstić information content (AvgIpc) is 3.28. The van der Waals surface area contributed by atoms with Gasteiger partial charge in [-0.25, -0.2) is 4.21 Å². The second-order valence-electron chi connectivity index (χ2n) is 13.2. The van der Waals surface area contributed by atoms with Gasteiger partial charge in [0.2, 0.25) is 0 Å². The third-order valence-corrected chi connectivity index (χ3v) is 10.4. The van der Waals surface area contributed by atoms with Crippen LogP contribution in [-0.4, -0.2) is 73.0 Å². The number of nitrogens with one attached hydrogen (secondary N) is 3. The quantitative estimate of drug-likeness (QED) is 0.0750. The van der Waals surface area contributed by atoms with Crippen LogP contribution in [0.4, 0.5) is 11.4 Å². The first-order valence-corrected chi connectivity index (χ1v) is 20.3. The van der Waals surface area contributed by atoms with E-state index in [1.807, 2.05) is 104 Å². The number of nitrogens with zero attached hydrogens (tertiary/aromatic N) is 3. The van der Waals surface area contributed by atoms with Crippen LogP contribution in [0.1, 0.15) is 77.0 Å². The monoisotopic (exact) mass is 793 g/mol. The topological polar surface area (TPSA) is 159 Å². The first-order valence-electron chi connectivity index (χ1n) is 18.8. The van der Waals surface area contributed by atoms with Gasteiger partial charge in [-0.2, -0.15) is 0 Å². The molecule has 0 spiro atoms. The van der Waals surface area contributed by atoms with Crippen LogP contribution in [0.25, 0.3) is 0 Å². The maximum absolute atomic E-state index is 12.9. The van der Waals surface area contributed by atoms with Crippen molar-refractivity contribution in [2.75, 3.05) is 43.1 Å². The molecule has 0 aliphatic rings. The normalized spacial score (nSPS) is 12.9. The third-order valence-electron chi connectivity index (χ3n) is 9.39. The Labute approximate surface area is 341 Å². The second kappa shape index (κ2) is 27.2. The van der Waals surface area contributed by atoms with Crippen molar-refractivity contribution < 1.29 is 18.6 Å². The number of rotatable bonds is 17. The molecular weight excluding hydrogens is 735 g/mol. The van der Waals surface area contributed by atoms with E-state index < -0.39 is 11.0 Å². The maximum Gasteiger partial charge on any atom is 0.150 e. The van der Waals surface area contributed by atoms with Crippen LogP contribution in [-0.2, 0) is 33.5 Å². The Morgan fingerprint density at radius 3 is 2.07 bits per heavy atom. The van der Waals surface area contributed by atoms with Crippen LogP contribution in [0.2, 0.25) is 0 Å². The largest absolute Gasteiger partial charge is 0.388 e. The predicted molar refractivity (Wildman–Crippen MR) is 235 cm³/mol. The van der Waals surface area contributed by atoms with E-state index in [2.05, 4.69) is 88.8 Å². The number of carbonyl (C=O) groups excluding carboxylic acids is 3. The molecule has 2 aromatic heterocycles. The van der Waals surface area contributed by atoms with Crippen molar-refractivity contribution >= 4 is 41.7 Å². The highest BCUT2D eigenvalue weighted by atomic mass is 32.2. The lowest BCUT2D eigenvalue weighted by atomic mass is 9.90. The highest BCUT2D eigenvalue weighted by Crippen LogP contribution is 2.29. The minimum atomic E-state index is -1.28. The van der Waals surface area contributed by atoms with Crippen LogP contribution in [0.3, 0.4) is 0 Å². The van der Waals surface area contributed by atoms with Gasteiger partial charge in [-0.15, -0.1) is 0 Å². The Hall–Kier alpha value is -5.40. The summed E-state index contributed by atoms with van der Waals surface area (Å²) < 4.78 is 14.8. The first-order chi connectivity index (χ1) is 27.6. The SMILES string of the molecule is C=O.CNC(C)c1cccnc1.CNc1ccc([C@@H](C)[C@H](C)NCC(Cc2ccccn2)c2cc(C=O)cc(N(Cc3ccccc3)S(C)=O)c2)cc1.NCC=O. The van der Waals surface area contributed by atoms with Gasteiger partial charge in [-0.05, 0) is 104 Å². The van der Waals surface area contributed by atoms with Gasteiger partial charge in [0, 0.05) is 79.9 Å². The fourth-order valence-electron chi connectivity index (χ4n) is 5.81. The summed E-state index contributed by atoms with van der Waals surface area (Å²) in [4.78, 5) is 37.7. The van der Waals surface area contributed by atoms with Crippen molar-refractivity contribution in [2.24, 2.45) is 5.73 Å². The summed E-state index contributed by atoms with van der Waals surface area (Å²) in [6.45, 7) is 9.88. The molecule has 0 aliphatic heterocycles. The summed E-state index contributed by atoms with van der Waals surface area (Å²) in [5.41, 5.74) is 12.7. The molecule has 5 aromatic rings. The number of aromatic nitrogens is 2. The van der Waals surface area contributed by atoms with Gasteiger partial charge >= 0.3 is 0 Å². The minimum absolute atomic E-state index is 0.0498. The lowest BCUT2D eigenvalue weighted by Gasteiger charge is -2.27. The highest BCUT2D eigenvalue weighted by Gasteiger charge is 2.21. The molecule has 2 heterocycles. The van der Waals surface area contributed by atoms with Crippen molar-refractivity contribution in [2.45, 2.75) is 57.7 Å². The Balaban J connectivity index is 0.000000587. The van der Waals surface area contributed by atoms with Gasteiger partial charge in [0.05, 0.1) is 12.2 Å². The fraction of sp³-hybridized carbons (Fsp3) is 0.311. The molecule has 3 unspecified atom stereocenters. The molecule has 0 aliphatic carbocycles. The highest BCUT2D eigenvalue weighted by molar-refractivity contribution is 7.85. The van der Waals surface area contributed by atoms with Crippen LogP contribution in [0, 0.1) is 0 Å². The van der Waals surface area contributed by atoms with Crippen LogP contribution < -0.4 is 26.0 Å². The van der Waals surface area contributed by atoms with Gasteiger partial charge in [-0.1, -0.05) is 61.5 Å². The summed E-state index contributed by atoms with van der Waals surface area (Å²) in [7, 11) is 2.59. The number of carbonyl (C=O) groups is 3. The smallest absolute Gasteiger partial charge is 0.150 e. The van der Waals surface area contributed by atoms with E-state index in [0.29, 0.717) is 43.3 Å². The van der Waals surface area contributed by atoms with E-state index in [4.69, 9.17) is 9.59 Å². The first kappa shape index (κ1) is 47.8. The maximum atomic E-state index is 12.9. The van der Waals surface area contributed by atoms with Crippen molar-refractivity contribution in [3.8, 4) is 0 Å². The van der Waals surface area contributed by atoms with E-state index >= 15 is 0 Å². The Bertz CT molecular complexity index is 1870. The molecule has 5 rings (SSSR count). The number of hydrogen-bond donors (Lipinski definition) is 4. The number of benzene rings is 3. The number of aldehydes is 2. The number of nitrogens with two attached hydrogens (primary N) is 1. The zero-order valence-corrected chi connectivity index (χ0v) is 34.8. The average molecular weight is 794 g/mol. The number of anilines is 2. The summed E-state index contributed by atoms with van der Waals surface area (Å²) in [5, 5.41) is 10.1. The molecule has 304 valence electrons. The lowest BCUT2D eigenvalue weighted by Crippen LogP contribution is -2.35. The van der Waals surface area contributed by atoms with Gasteiger partial charge in [0.15, 0.2) is 0 Å². The van der Waals surface area contributed by atoms with Crippen LogP contribution >= 0.6 is 0 Å². The lowest BCUT2D eigenvalue weighted by molar-refractivity contribution is -0.106. The summed E-state index contributed by atoms with van der Waals surface area (Å²) in [6.07, 6.45) is 9.38. The minimum Gasteiger partial charge on any atom is -0.388 e. The second-order valence-corrected chi connectivity index (χ2v) is 14.5. The van der Waals surface area contributed by atoms with E-state index in [0.717, 1.165) is 34.5 Å². The molecule has 0 amide bonds. The zero-order chi connectivity index (χ0) is 42.0. The van der Waals surface area contributed by atoms with Crippen LogP contribution in [0.15, 0.2) is 122 Å².